The summed E-state index contributed by atoms with van der Waals surface area (Å²) in [5, 5.41) is 21.6. The van der Waals surface area contributed by atoms with Crippen molar-refractivity contribution >= 4 is 40.2 Å². The van der Waals surface area contributed by atoms with Crippen molar-refractivity contribution < 1.29 is 34.0 Å². The minimum atomic E-state index is -1.85. The molecule has 0 unspecified atom stereocenters. The van der Waals surface area contributed by atoms with Crippen molar-refractivity contribution in [1.82, 2.24) is 10.6 Å². The molecule has 0 bridgehead atoms. The van der Waals surface area contributed by atoms with E-state index in [1.54, 1.807) is 0 Å². The van der Waals surface area contributed by atoms with E-state index in [0.29, 0.717) is 13.1 Å². The zero-order chi connectivity index (χ0) is 13.0. The van der Waals surface area contributed by atoms with Crippen LogP contribution in [0.4, 0.5) is 0 Å². The Bertz CT molecular complexity index is 187. The van der Waals surface area contributed by atoms with Crippen LogP contribution in [0.2, 0.25) is 0 Å². The molecular weight excluding hydrogens is 466 g/mol. The van der Waals surface area contributed by atoms with Gasteiger partial charge in [-0.3, -0.25) is 9.59 Å². The van der Waals surface area contributed by atoms with Crippen LogP contribution in [0, 0.1) is 0 Å². The van der Waals surface area contributed by atoms with Gasteiger partial charge in [-0.15, -0.1) is 0 Å². The molecule has 101 valence electrons. The molecule has 0 saturated heterocycles. The molecule has 0 aromatic heterocycles. The molecule has 0 spiro atoms. The molecule has 16 heavy (non-hydrogen) atoms. The number of halogens is 3. The van der Waals surface area contributed by atoms with E-state index in [9.17, 15) is 9.59 Å². The summed E-state index contributed by atoms with van der Waals surface area (Å²) in [6.45, 7) is 0.683. The average Bonchev–Trinajstić information content (AvgIpc) is 2.09. The first-order valence-corrected chi connectivity index (χ1v) is 12.3. The topological polar surface area (TPSA) is 98.7 Å². The van der Waals surface area contributed by atoms with E-state index >= 15 is 0 Å². The molecular formula is C6H12Cl3N2O4Pt. The monoisotopic (exact) mass is 476 g/mol. The van der Waals surface area contributed by atoms with Crippen molar-refractivity contribution in [2.45, 2.75) is 0 Å². The van der Waals surface area contributed by atoms with Crippen LogP contribution < -0.4 is 10.6 Å². The Morgan fingerprint density at radius 1 is 0.938 bits per heavy atom. The van der Waals surface area contributed by atoms with Gasteiger partial charge in [0.1, 0.15) is 0 Å². The Labute approximate surface area is 111 Å². The van der Waals surface area contributed by atoms with Crippen molar-refractivity contribution in [3.05, 3.63) is 0 Å². The predicted molar refractivity (Wildman–Crippen MR) is 58.6 cm³/mol. The molecule has 0 saturated carbocycles. The Morgan fingerprint density at radius 3 is 1.38 bits per heavy atom. The number of hydrogen-bond donors (Lipinski definition) is 4. The molecule has 0 aromatic carbocycles. The summed E-state index contributed by atoms with van der Waals surface area (Å²) in [6.07, 6.45) is 0. The number of aliphatic carboxylic acids is 2. The van der Waals surface area contributed by atoms with Crippen molar-refractivity contribution in [3.8, 4) is 0 Å². The molecule has 0 aliphatic carbocycles. The fraction of sp³-hybridized carbons (Fsp3) is 0.667. The maximum absolute atomic E-state index is 9.96. The average molecular weight is 478 g/mol. The van der Waals surface area contributed by atoms with E-state index in [-0.39, 0.29) is 13.1 Å². The van der Waals surface area contributed by atoms with E-state index in [2.05, 4.69) is 10.6 Å². The Kier molecular flexibility index (Phi) is 15.8. The van der Waals surface area contributed by atoms with Gasteiger partial charge in [-0.05, 0) is 0 Å². The zero-order valence-corrected chi connectivity index (χ0v) is 12.5. The molecule has 0 heterocycles. The van der Waals surface area contributed by atoms with Gasteiger partial charge in [-0.25, -0.2) is 0 Å². The first-order valence-electron chi connectivity index (χ1n) is 3.84. The standard InChI is InChI=1S/C6H12N2O4.3ClH.Pt/c9-5(10)3-7-1-2-8-4-6(11)12;;;;/h7-8H,1-4H2,(H,9,10)(H,11,12);3*1H;/q;;;;+3/p-3. The first kappa shape index (κ1) is 18.8. The van der Waals surface area contributed by atoms with Gasteiger partial charge in [0, 0.05) is 13.1 Å². The van der Waals surface area contributed by atoms with Crippen LogP contribution in [0.25, 0.3) is 0 Å². The Hall–Kier alpha value is 0.418. The van der Waals surface area contributed by atoms with Gasteiger partial charge in [0.15, 0.2) is 0 Å². The van der Waals surface area contributed by atoms with Crippen molar-refractivity contribution in [2.75, 3.05) is 26.2 Å². The minimum absolute atomic E-state index is 0.102. The van der Waals surface area contributed by atoms with Gasteiger partial charge in [0.2, 0.25) is 0 Å². The van der Waals surface area contributed by atoms with E-state index in [1.807, 2.05) is 0 Å². The number of rotatable bonds is 7. The molecule has 10 heteroatoms. The second-order valence-corrected chi connectivity index (χ2v) is 12.1. The number of carbonyl (C=O) groups is 2. The summed E-state index contributed by atoms with van der Waals surface area (Å²) >= 11 is -1.85. The Morgan fingerprint density at radius 2 is 1.19 bits per heavy atom. The van der Waals surface area contributed by atoms with E-state index in [1.165, 1.54) is 0 Å². The van der Waals surface area contributed by atoms with E-state index in [4.69, 9.17) is 38.5 Å². The molecule has 0 radical (unpaired) electrons. The number of carboxylic acids is 2. The van der Waals surface area contributed by atoms with Crippen LogP contribution in [-0.4, -0.2) is 48.3 Å². The predicted octanol–water partition coefficient (Wildman–Crippen LogP) is 0.401. The van der Waals surface area contributed by atoms with Crippen LogP contribution in [0.1, 0.15) is 0 Å². The molecule has 0 fully saturated rings. The molecule has 6 nitrogen and oxygen atoms in total. The van der Waals surface area contributed by atoms with Crippen LogP contribution in [0.3, 0.4) is 0 Å². The molecule has 4 N–H and O–H groups in total. The molecule has 0 aliphatic heterocycles. The number of carboxylic acid groups (broad SMARTS) is 2. The summed E-state index contributed by atoms with van der Waals surface area (Å²) in [5.74, 6) is -1.85. The third-order valence-electron chi connectivity index (χ3n) is 1.03. The van der Waals surface area contributed by atoms with Gasteiger partial charge in [0.05, 0.1) is 13.1 Å². The third kappa shape index (κ3) is 29.3. The second-order valence-electron chi connectivity index (χ2n) is 2.28. The SMILES string of the molecule is O=C(O)CNCCNCC(=O)O.[Cl][Pt]([Cl])[Cl]. The van der Waals surface area contributed by atoms with Gasteiger partial charge < -0.3 is 20.8 Å². The van der Waals surface area contributed by atoms with Crippen LogP contribution in [0.15, 0.2) is 0 Å². The number of hydrogen-bond acceptors (Lipinski definition) is 4. The fourth-order valence-electron chi connectivity index (χ4n) is 0.567. The van der Waals surface area contributed by atoms with E-state index < -0.39 is 26.1 Å². The molecule has 0 rings (SSSR count). The van der Waals surface area contributed by atoms with Crippen LogP contribution >= 0.6 is 28.3 Å². The second kappa shape index (κ2) is 13.5. The summed E-state index contributed by atoms with van der Waals surface area (Å²) in [4.78, 5) is 19.9. The van der Waals surface area contributed by atoms with Crippen molar-refractivity contribution in [3.63, 3.8) is 0 Å². The summed E-state index contributed by atoms with van der Waals surface area (Å²) in [5.41, 5.74) is 0. The third-order valence-corrected chi connectivity index (χ3v) is 1.03. The van der Waals surface area contributed by atoms with Gasteiger partial charge in [-0.1, -0.05) is 0 Å². The summed E-state index contributed by atoms with van der Waals surface area (Å²) in [6, 6.07) is 0. The maximum atomic E-state index is 9.96. The molecule has 0 atom stereocenters. The van der Waals surface area contributed by atoms with Gasteiger partial charge >= 0.3 is 54.4 Å². The zero-order valence-electron chi connectivity index (χ0n) is 7.99. The van der Waals surface area contributed by atoms with Crippen molar-refractivity contribution in [1.29, 1.82) is 0 Å². The normalized spacial score (nSPS) is 10.1. The first-order chi connectivity index (χ1) is 7.36. The van der Waals surface area contributed by atoms with Crippen LogP contribution in [0.5, 0.6) is 0 Å². The summed E-state index contributed by atoms with van der Waals surface area (Å²) < 4.78 is 0. The van der Waals surface area contributed by atoms with Gasteiger partial charge in [0.25, 0.3) is 0 Å². The van der Waals surface area contributed by atoms with Gasteiger partial charge in [-0.2, -0.15) is 0 Å². The molecule has 0 amide bonds. The summed E-state index contributed by atoms with van der Waals surface area (Å²) in [7, 11) is 14.9. The van der Waals surface area contributed by atoms with Crippen LogP contribution in [-0.2, 0) is 23.8 Å². The quantitative estimate of drug-likeness (QED) is 0.397. The van der Waals surface area contributed by atoms with Crippen molar-refractivity contribution in [2.24, 2.45) is 0 Å². The number of nitrogens with one attached hydrogen (secondary N) is 2. The molecule has 0 aliphatic rings. The van der Waals surface area contributed by atoms with E-state index in [0.717, 1.165) is 0 Å². The molecule has 0 aromatic rings. The Balaban J connectivity index is 0. The fourth-order valence-corrected chi connectivity index (χ4v) is 0.567.